The van der Waals surface area contributed by atoms with Crippen molar-refractivity contribution in [2.45, 2.75) is 45.6 Å². The lowest BCUT2D eigenvalue weighted by atomic mass is 9.86. The first-order valence-electron chi connectivity index (χ1n) is 6.67. The second-order valence-corrected chi connectivity index (χ2v) is 6.15. The van der Waals surface area contributed by atoms with Gasteiger partial charge in [-0.25, -0.2) is 0 Å². The van der Waals surface area contributed by atoms with Gasteiger partial charge < -0.3 is 14.6 Å². The third-order valence-corrected chi connectivity index (χ3v) is 3.51. The van der Waals surface area contributed by atoms with Gasteiger partial charge in [0.2, 0.25) is 0 Å². The predicted octanol–water partition coefficient (Wildman–Crippen LogP) is 3.85. The molecule has 4 heteroatoms. The van der Waals surface area contributed by atoms with E-state index in [1.54, 1.807) is 19.9 Å². The van der Waals surface area contributed by atoms with Crippen molar-refractivity contribution in [2.24, 2.45) is 0 Å². The van der Waals surface area contributed by atoms with E-state index in [2.05, 4.69) is 13.8 Å². The topological polar surface area (TPSA) is 38.7 Å². The van der Waals surface area contributed by atoms with Gasteiger partial charge in [-0.2, -0.15) is 0 Å². The van der Waals surface area contributed by atoms with E-state index in [9.17, 15) is 5.11 Å². The van der Waals surface area contributed by atoms with Crippen LogP contribution < -0.4 is 9.47 Å². The number of benzene rings is 1. The third-order valence-electron chi connectivity index (χ3n) is 3.22. The summed E-state index contributed by atoms with van der Waals surface area (Å²) in [6, 6.07) is 1.75. The Hall–Kier alpha value is -0.930. The van der Waals surface area contributed by atoms with Crippen LogP contribution in [0.1, 0.15) is 51.2 Å². The average molecular weight is 285 g/mol. The molecule has 0 aliphatic carbocycles. The molecule has 0 fully saturated rings. The molecule has 106 valence electrons. The molecular weight excluding hydrogens is 264 g/mol. The van der Waals surface area contributed by atoms with Crippen LogP contribution in [-0.2, 0) is 5.60 Å². The van der Waals surface area contributed by atoms with Crippen LogP contribution in [0.4, 0.5) is 0 Å². The normalized spacial score (nSPS) is 15.5. The molecule has 0 amide bonds. The van der Waals surface area contributed by atoms with E-state index in [4.69, 9.17) is 21.1 Å². The summed E-state index contributed by atoms with van der Waals surface area (Å²) in [6.45, 7) is 8.86. The Labute approximate surface area is 119 Å². The highest BCUT2D eigenvalue weighted by molar-refractivity contribution is 6.31. The highest BCUT2D eigenvalue weighted by atomic mass is 35.5. The van der Waals surface area contributed by atoms with Gasteiger partial charge >= 0.3 is 0 Å². The Bertz CT molecular complexity index is 475. The Morgan fingerprint density at radius 1 is 1.26 bits per heavy atom. The van der Waals surface area contributed by atoms with E-state index in [0.29, 0.717) is 24.0 Å². The molecule has 1 aliphatic heterocycles. The van der Waals surface area contributed by atoms with Gasteiger partial charge in [0.25, 0.3) is 0 Å². The zero-order valence-corrected chi connectivity index (χ0v) is 12.7. The van der Waals surface area contributed by atoms with Crippen LogP contribution in [0.5, 0.6) is 11.5 Å². The molecule has 0 aromatic heterocycles. The van der Waals surface area contributed by atoms with Gasteiger partial charge in [0, 0.05) is 23.6 Å². The Kier molecular flexibility index (Phi) is 3.98. The van der Waals surface area contributed by atoms with E-state index in [-0.39, 0.29) is 5.92 Å². The number of hydrogen-bond donors (Lipinski definition) is 1. The summed E-state index contributed by atoms with van der Waals surface area (Å²) in [7, 11) is 0. The molecule has 0 saturated heterocycles. The minimum Gasteiger partial charge on any atom is -0.489 e. The largest absolute Gasteiger partial charge is 0.489 e. The van der Waals surface area contributed by atoms with Crippen LogP contribution in [-0.4, -0.2) is 18.3 Å². The van der Waals surface area contributed by atoms with E-state index in [1.165, 1.54) is 0 Å². The molecule has 19 heavy (non-hydrogen) atoms. The molecule has 2 rings (SSSR count). The Balaban J connectivity index is 2.71. The average Bonchev–Trinajstić information content (AvgIpc) is 2.50. The molecule has 0 atom stereocenters. The van der Waals surface area contributed by atoms with Crippen molar-refractivity contribution in [3.8, 4) is 11.5 Å². The smallest absolute Gasteiger partial charge is 0.165 e. The SMILES string of the molecule is CC(C)c1c2c(cc(Cl)c1C(C)(C)O)OCCCO2. The fourth-order valence-electron chi connectivity index (χ4n) is 2.47. The van der Waals surface area contributed by atoms with Gasteiger partial charge in [0.1, 0.15) is 0 Å². The number of fused-ring (bicyclic) bond motifs is 1. The predicted molar refractivity (Wildman–Crippen MR) is 76.4 cm³/mol. The minimum atomic E-state index is -1.01. The summed E-state index contributed by atoms with van der Waals surface area (Å²) in [4.78, 5) is 0. The lowest BCUT2D eigenvalue weighted by Crippen LogP contribution is -2.20. The molecule has 1 aromatic rings. The molecule has 0 radical (unpaired) electrons. The quantitative estimate of drug-likeness (QED) is 0.896. The second kappa shape index (κ2) is 5.22. The van der Waals surface area contributed by atoms with Gasteiger partial charge in [-0.15, -0.1) is 0 Å². The number of ether oxygens (including phenoxy) is 2. The summed E-state index contributed by atoms with van der Waals surface area (Å²) in [6.07, 6.45) is 0.849. The monoisotopic (exact) mass is 284 g/mol. The van der Waals surface area contributed by atoms with Gasteiger partial charge in [0.05, 0.1) is 23.8 Å². The maximum Gasteiger partial charge on any atom is 0.165 e. The summed E-state index contributed by atoms with van der Waals surface area (Å²) in [5.41, 5.74) is 0.659. The summed E-state index contributed by atoms with van der Waals surface area (Å²) >= 11 is 6.35. The van der Waals surface area contributed by atoms with E-state index < -0.39 is 5.60 Å². The molecule has 0 bridgehead atoms. The highest BCUT2D eigenvalue weighted by Gasteiger charge is 2.30. The summed E-state index contributed by atoms with van der Waals surface area (Å²) in [5, 5.41) is 10.9. The van der Waals surface area contributed by atoms with Gasteiger partial charge in [-0.3, -0.25) is 0 Å². The zero-order valence-electron chi connectivity index (χ0n) is 11.9. The van der Waals surface area contributed by atoms with Crippen LogP contribution in [0.3, 0.4) is 0 Å². The maximum atomic E-state index is 10.4. The molecule has 0 spiro atoms. The van der Waals surface area contributed by atoms with Crippen molar-refractivity contribution in [2.75, 3.05) is 13.2 Å². The second-order valence-electron chi connectivity index (χ2n) is 5.74. The third kappa shape index (κ3) is 2.82. The lowest BCUT2D eigenvalue weighted by Gasteiger charge is -2.27. The van der Waals surface area contributed by atoms with E-state index in [1.807, 2.05) is 0 Å². The molecule has 1 N–H and O–H groups in total. The van der Waals surface area contributed by atoms with Crippen molar-refractivity contribution in [3.05, 3.63) is 22.2 Å². The van der Waals surface area contributed by atoms with Crippen molar-refractivity contribution < 1.29 is 14.6 Å². The van der Waals surface area contributed by atoms with Crippen LogP contribution >= 0.6 is 11.6 Å². The van der Waals surface area contributed by atoms with Crippen LogP contribution in [0, 0.1) is 0 Å². The first-order chi connectivity index (χ1) is 8.82. The Morgan fingerprint density at radius 3 is 2.47 bits per heavy atom. The number of hydrogen-bond acceptors (Lipinski definition) is 3. The van der Waals surface area contributed by atoms with Gasteiger partial charge in [-0.05, 0) is 19.8 Å². The van der Waals surface area contributed by atoms with Crippen molar-refractivity contribution >= 4 is 11.6 Å². The lowest BCUT2D eigenvalue weighted by molar-refractivity contribution is 0.0769. The van der Waals surface area contributed by atoms with Crippen molar-refractivity contribution in [3.63, 3.8) is 0 Å². The molecule has 1 heterocycles. The van der Waals surface area contributed by atoms with Crippen LogP contribution in [0.15, 0.2) is 6.07 Å². The van der Waals surface area contributed by atoms with Crippen LogP contribution in [0.25, 0.3) is 0 Å². The molecule has 3 nitrogen and oxygen atoms in total. The Morgan fingerprint density at radius 2 is 1.89 bits per heavy atom. The van der Waals surface area contributed by atoms with Gasteiger partial charge in [-0.1, -0.05) is 25.4 Å². The zero-order chi connectivity index (χ0) is 14.2. The first kappa shape index (κ1) is 14.5. The first-order valence-corrected chi connectivity index (χ1v) is 7.05. The minimum absolute atomic E-state index is 0.190. The molecule has 1 aliphatic rings. The molecule has 1 aromatic carbocycles. The number of rotatable bonds is 2. The molecular formula is C15H21ClO3. The van der Waals surface area contributed by atoms with E-state index >= 15 is 0 Å². The highest BCUT2D eigenvalue weighted by Crippen LogP contribution is 2.46. The fourth-order valence-corrected chi connectivity index (χ4v) is 2.90. The molecule has 0 saturated carbocycles. The number of aliphatic hydroxyl groups is 1. The number of halogens is 1. The standard InChI is InChI=1S/C15H21ClO3/c1-9(2)12-13(15(3,4)17)10(16)8-11-14(12)19-7-5-6-18-11/h8-9,17H,5-7H2,1-4H3. The summed E-state index contributed by atoms with van der Waals surface area (Å²) in [5.74, 6) is 1.60. The van der Waals surface area contributed by atoms with Gasteiger partial charge in [0.15, 0.2) is 11.5 Å². The summed E-state index contributed by atoms with van der Waals surface area (Å²) < 4.78 is 11.5. The maximum absolute atomic E-state index is 10.4. The van der Waals surface area contributed by atoms with Crippen molar-refractivity contribution in [1.82, 2.24) is 0 Å². The van der Waals surface area contributed by atoms with Crippen molar-refractivity contribution in [1.29, 1.82) is 0 Å². The van der Waals surface area contributed by atoms with Crippen LogP contribution in [0.2, 0.25) is 5.02 Å². The molecule has 0 unspecified atom stereocenters. The fraction of sp³-hybridized carbons (Fsp3) is 0.600. The van der Waals surface area contributed by atoms with E-state index in [0.717, 1.165) is 23.3 Å².